The number of aliphatic hydroxyl groups is 1. The molecule has 0 aromatic heterocycles. The number of anilines is 1. The molecule has 1 aromatic rings. The lowest BCUT2D eigenvalue weighted by Gasteiger charge is -2.23. The van der Waals surface area contributed by atoms with E-state index < -0.39 is 0 Å². The molecule has 4 heteroatoms. The average molecular weight is 276 g/mol. The van der Waals surface area contributed by atoms with Gasteiger partial charge in [0.05, 0.1) is 12.6 Å². The van der Waals surface area contributed by atoms with Gasteiger partial charge in [-0.15, -0.1) is 0 Å². The number of carbonyl (C=O) groups excluding carboxylic acids is 1. The van der Waals surface area contributed by atoms with E-state index in [0.717, 1.165) is 37.9 Å². The van der Waals surface area contributed by atoms with E-state index in [-0.39, 0.29) is 18.7 Å². The fourth-order valence-corrected chi connectivity index (χ4v) is 2.87. The van der Waals surface area contributed by atoms with Crippen LogP contribution in [0.1, 0.15) is 37.8 Å². The summed E-state index contributed by atoms with van der Waals surface area (Å²) in [5.41, 5.74) is 3.46. The van der Waals surface area contributed by atoms with Crippen LogP contribution in [0, 0.1) is 0 Å². The van der Waals surface area contributed by atoms with Crippen molar-refractivity contribution in [3.05, 3.63) is 29.3 Å². The smallest absolute Gasteiger partial charge is 0.322 e. The molecule has 1 heterocycles. The second-order valence-corrected chi connectivity index (χ2v) is 5.29. The van der Waals surface area contributed by atoms with E-state index in [9.17, 15) is 9.90 Å². The Morgan fingerprint density at radius 1 is 1.35 bits per heavy atom. The van der Waals surface area contributed by atoms with Crippen LogP contribution >= 0.6 is 0 Å². The van der Waals surface area contributed by atoms with E-state index in [1.165, 1.54) is 11.1 Å². The summed E-state index contributed by atoms with van der Waals surface area (Å²) in [7, 11) is 0. The number of aliphatic hydroxyl groups excluding tert-OH is 1. The molecule has 20 heavy (non-hydrogen) atoms. The number of amides is 2. The fourth-order valence-electron chi connectivity index (χ4n) is 2.87. The van der Waals surface area contributed by atoms with Gasteiger partial charge in [0.1, 0.15) is 0 Å². The number of carbonyl (C=O) groups is 1. The number of nitrogens with zero attached hydrogens (tertiary/aromatic N) is 1. The Morgan fingerprint density at radius 3 is 2.75 bits per heavy atom. The second-order valence-electron chi connectivity index (χ2n) is 5.29. The van der Waals surface area contributed by atoms with E-state index in [0.29, 0.717) is 0 Å². The summed E-state index contributed by atoms with van der Waals surface area (Å²) in [5.74, 6) is 0. The van der Waals surface area contributed by atoms with Crippen molar-refractivity contribution >= 4 is 11.7 Å². The van der Waals surface area contributed by atoms with Gasteiger partial charge in [-0.2, -0.15) is 0 Å². The molecule has 1 aromatic carbocycles. The van der Waals surface area contributed by atoms with Crippen LogP contribution in [0.25, 0.3) is 0 Å². The second kappa shape index (κ2) is 6.75. The van der Waals surface area contributed by atoms with E-state index >= 15 is 0 Å². The summed E-state index contributed by atoms with van der Waals surface area (Å²) >= 11 is 0. The van der Waals surface area contributed by atoms with Crippen LogP contribution in [0.2, 0.25) is 0 Å². The lowest BCUT2D eigenvalue weighted by molar-refractivity contribution is 0.166. The first kappa shape index (κ1) is 14.9. The normalized spacial score (nSPS) is 18.4. The van der Waals surface area contributed by atoms with Gasteiger partial charge in [0.25, 0.3) is 0 Å². The fraction of sp³-hybridized carbons (Fsp3) is 0.562. The molecule has 0 saturated carbocycles. The molecule has 1 saturated heterocycles. The minimum Gasteiger partial charge on any atom is -0.394 e. The third-order valence-corrected chi connectivity index (χ3v) is 4.07. The van der Waals surface area contributed by atoms with Crippen molar-refractivity contribution in [2.45, 2.75) is 45.6 Å². The van der Waals surface area contributed by atoms with Crippen molar-refractivity contribution in [1.29, 1.82) is 0 Å². The van der Waals surface area contributed by atoms with Gasteiger partial charge in [-0.05, 0) is 48.9 Å². The molecule has 2 N–H and O–H groups in total. The van der Waals surface area contributed by atoms with Gasteiger partial charge in [-0.1, -0.05) is 19.9 Å². The van der Waals surface area contributed by atoms with Crippen molar-refractivity contribution in [1.82, 2.24) is 4.90 Å². The highest BCUT2D eigenvalue weighted by Crippen LogP contribution is 2.21. The van der Waals surface area contributed by atoms with Crippen LogP contribution in [0.3, 0.4) is 0 Å². The van der Waals surface area contributed by atoms with Gasteiger partial charge >= 0.3 is 6.03 Å². The maximum Gasteiger partial charge on any atom is 0.322 e. The molecule has 0 aliphatic carbocycles. The first-order valence-electron chi connectivity index (χ1n) is 7.49. The number of urea groups is 1. The molecule has 1 atom stereocenters. The number of hydrogen-bond donors (Lipinski definition) is 2. The third-order valence-electron chi connectivity index (χ3n) is 4.07. The first-order valence-corrected chi connectivity index (χ1v) is 7.49. The number of nitrogens with one attached hydrogen (secondary N) is 1. The number of aryl methyl sites for hydroxylation is 2. The van der Waals surface area contributed by atoms with E-state index in [1.807, 2.05) is 6.07 Å². The molecular weight excluding hydrogens is 252 g/mol. The summed E-state index contributed by atoms with van der Waals surface area (Å²) in [6, 6.07) is 5.96. The van der Waals surface area contributed by atoms with Crippen LogP contribution in [-0.4, -0.2) is 35.2 Å². The van der Waals surface area contributed by atoms with Crippen LogP contribution < -0.4 is 5.32 Å². The number of rotatable bonds is 4. The van der Waals surface area contributed by atoms with Crippen LogP contribution in [0.15, 0.2) is 18.2 Å². The SMILES string of the molecule is CCc1ccc(NC(=O)N2CCC[C@@H]2CO)cc1CC. The predicted octanol–water partition coefficient (Wildman–Crippen LogP) is 2.80. The molecule has 0 spiro atoms. The molecule has 0 radical (unpaired) electrons. The summed E-state index contributed by atoms with van der Waals surface area (Å²) in [6.07, 6.45) is 3.83. The minimum absolute atomic E-state index is 0.0319. The highest BCUT2D eigenvalue weighted by atomic mass is 16.3. The first-order chi connectivity index (χ1) is 9.69. The minimum atomic E-state index is -0.104. The molecular formula is C16H24N2O2. The maximum atomic E-state index is 12.2. The van der Waals surface area contributed by atoms with Gasteiger partial charge in [0, 0.05) is 12.2 Å². The van der Waals surface area contributed by atoms with Crippen molar-refractivity contribution in [3.63, 3.8) is 0 Å². The Bertz CT molecular complexity index is 474. The molecule has 1 aliphatic heterocycles. The monoisotopic (exact) mass is 276 g/mol. The zero-order valence-electron chi connectivity index (χ0n) is 12.4. The van der Waals surface area contributed by atoms with Crippen molar-refractivity contribution in [3.8, 4) is 0 Å². The van der Waals surface area contributed by atoms with Gasteiger partial charge in [-0.3, -0.25) is 0 Å². The summed E-state index contributed by atoms with van der Waals surface area (Å²) in [4.78, 5) is 14.0. The largest absolute Gasteiger partial charge is 0.394 e. The van der Waals surface area contributed by atoms with Crippen LogP contribution in [0.5, 0.6) is 0 Å². The molecule has 0 unspecified atom stereocenters. The predicted molar refractivity (Wildman–Crippen MR) is 81.0 cm³/mol. The highest BCUT2D eigenvalue weighted by Gasteiger charge is 2.27. The zero-order valence-corrected chi connectivity index (χ0v) is 12.4. The molecule has 1 fully saturated rings. The molecule has 110 valence electrons. The van der Waals surface area contributed by atoms with Crippen molar-refractivity contribution in [2.24, 2.45) is 0 Å². The Labute approximate surface area is 120 Å². The number of likely N-dealkylation sites (tertiary alicyclic amines) is 1. The maximum absolute atomic E-state index is 12.2. The Hall–Kier alpha value is -1.55. The molecule has 1 aliphatic rings. The van der Waals surface area contributed by atoms with E-state index in [4.69, 9.17) is 0 Å². The highest BCUT2D eigenvalue weighted by molar-refractivity contribution is 5.89. The standard InChI is InChI=1S/C16H24N2O2/c1-3-12-7-8-14(10-13(12)4-2)17-16(20)18-9-5-6-15(18)11-19/h7-8,10,15,19H,3-6,9,11H2,1-2H3,(H,17,20)/t15-/m1/s1. The number of hydrogen-bond acceptors (Lipinski definition) is 2. The molecule has 4 nitrogen and oxygen atoms in total. The van der Waals surface area contributed by atoms with Crippen LogP contribution in [0.4, 0.5) is 10.5 Å². The molecule has 2 amide bonds. The average Bonchev–Trinajstić information content (AvgIpc) is 2.95. The number of benzene rings is 1. The van der Waals surface area contributed by atoms with Crippen molar-refractivity contribution in [2.75, 3.05) is 18.5 Å². The van der Waals surface area contributed by atoms with E-state index in [2.05, 4.69) is 31.3 Å². The van der Waals surface area contributed by atoms with Gasteiger partial charge < -0.3 is 15.3 Å². The Balaban J connectivity index is 2.07. The Morgan fingerprint density at radius 2 is 2.10 bits per heavy atom. The zero-order chi connectivity index (χ0) is 14.5. The summed E-state index contributed by atoms with van der Waals surface area (Å²) in [6.45, 7) is 5.04. The summed E-state index contributed by atoms with van der Waals surface area (Å²) in [5, 5.41) is 12.2. The molecule has 2 rings (SSSR count). The topological polar surface area (TPSA) is 52.6 Å². The summed E-state index contributed by atoms with van der Waals surface area (Å²) < 4.78 is 0. The van der Waals surface area contributed by atoms with Gasteiger partial charge in [-0.25, -0.2) is 4.79 Å². The van der Waals surface area contributed by atoms with Gasteiger partial charge in [0.15, 0.2) is 0 Å². The molecule has 0 bridgehead atoms. The lowest BCUT2D eigenvalue weighted by atomic mass is 10.0. The third kappa shape index (κ3) is 3.12. The van der Waals surface area contributed by atoms with Crippen molar-refractivity contribution < 1.29 is 9.90 Å². The van der Waals surface area contributed by atoms with Gasteiger partial charge in [0.2, 0.25) is 0 Å². The lowest BCUT2D eigenvalue weighted by Crippen LogP contribution is -2.40. The van der Waals surface area contributed by atoms with Crippen LogP contribution in [-0.2, 0) is 12.8 Å². The quantitative estimate of drug-likeness (QED) is 0.888. The van der Waals surface area contributed by atoms with E-state index in [1.54, 1.807) is 4.90 Å². The Kier molecular flexibility index (Phi) is 5.01.